The number of nitrogens with zero attached hydrogens (tertiary/aromatic N) is 3. The summed E-state index contributed by atoms with van der Waals surface area (Å²) in [5.41, 5.74) is 0.134. The van der Waals surface area contributed by atoms with Crippen molar-refractivity contribution in [3.05, 3.63) is 48.8 Å². The molecule has 1 aliphatic rings. The summed E-state index contributed by atoms with van der Waals surface area (Å²) in [6, 6.07) is 10.1. The van der Waals surface area contributed by atoms with Gasteiger partial charge in [0.05, 0.1) is 15.3 Å². The second-order valence-corrected chi connectivity index (χ2v) is 10.4. The molecule has 1 aliphatic heterocycles. The molecule has 1 N–H and O–H groups in total. The summed E-state index contributed by atoms with van der Waals surface area (Å²) in [7, 11) is -3.65. The van der Waals surface area contributed by atoms with E-state index in [-0.39, 0.29) is 15.9 Å². The first-order chi connectivity index (χ1) is 14.7. The zero-order chi connectivity index (χ0) is 22.2. The monoisotopic (exact) mass is 442 g/mol. The summed E-state index contributed by atoms with van der Waals surface area (Å²) in [5, 5.41) is 0.600. The highest BCUT2D eigenvalue weighted by Crippen LogP contribution is 2.32. The number of nitrogens with one attached hydrogen (secondary N) is 1. The predicted octanol–water partition coefficient (Wildman–Crippen LogP) is 3.45. The number of amides is 1. The van der Waals surface area contributed by atoms with Gasteiger partial charge in [-0.05, 0) is 39.0 Å². The summed E-state index contributed by atoms with van der Waals surface area (Å²) in [4.78, 5) is 24.1. The van der Waals surface area contributed by atoms with Crippen LogP contribution in [0.1, 0.15) is 20.8 Å². The molecule has 3 aromatic rings. The molecule has 0 aliphatic carbocycles. The molecule has 164 valence electrons. The lowest BCUT2D eigenvalue weighted by Gasteiger charge is -2.36. The Morgan fingerprint density at radius 1 is 1.06 bits per heavy atom. The molecule has 31 heavy (non-hydrogen) atoms. The van der Waals surface area contributed by atoms with Crippen LogP contribution < -0.4 is 4.90 Å². The van der Waals surface area contributed by atoms with Crippen LogP contribution in [0.2, 0.25) is 0 Å². The van der Waals surface area contributed by atoms with E-state index in [2.05, 4.69) is 14.9 Å². The largest absolute Gasteiger partial charge is 0.444 e. The highest BCUT2D eigenvalue weighted by atomic mass is 32.2. The van der Waals surface area contributed by atoms with Crippen molar-refractivity contribution in [2.45, 2.75) is 36.2 Å². The Kier molecular flexibility index (Phi) is 5.38. The third-order valence-corrected chi connectivity index (χ3v) is 6.93. The number of pyridine rings is 1. The Balaban J connectivity index is 1.58. The normalized spacial score (nSPS) is 15.3. The molecule has 8 nitrogen and oxygen atoms in total. The van der Waals surface area contributed by atoms with Gasteiger partial charge < -0.3 is 19.5 Å². The third kappa shape index (κ3) is 4.23. The van der Waals surface area contributed by atoms with Crippen LogP contribution in [0.5, 0.6) is 0 Å². The quantitative estimate of drug-likeness (QED) is 0.668. The molecular weight excluding hydrogens is 416 g/mol. The number of anilines is 1. The minimum absolute atomic E-state index is 0.227. The fraction of sp³-hybridized carbons (Fsp3) is 0.364. The van der Waals surface area contributed by atoms with Crippen LogP contribution in [0.4, 0.5) is 10.6 Å². The Hall–Kier alpha value is -3.07. The van der Waals surface area contributed by atoms with Gasteiger partial charge in [-0.25, -0.2) is 18.2 Å². The number of benzene rings is 1. The lowest BCUT2D eigenvalue weighted by atomic mass is 10.2. The smallest absolute Gasteiger partial charge is 0.410 e. The maximum Gasteiger partial charge on any atom is 0.410 e. The van der Waals surface area contributed by atoms with E-state index in [1.165, 1.54) is 6.20 Å². The topological polar surface area (TPSA) is 95.6 Å². The Bertz CT molecular complexity index is 1190. The Morgan fingerprint density at radius 3 is 2.39 bits per heavy atom. The van der Waals surface area contributed by atoms with Gasteiger partial charge in [-0.3, -0.25) is 0 Å². The summed E-state index contributed by atoms with van der Waals surface area (Å²) in [6.45, 7) is 7.69. The number of carbonyl (C=O) groups excluding carboxylic acids is 1. The van der Waals surface area contributed by atoms with Crippen LogP contribution in [0.15, 0.2) is 58.6 Å². The Morgan fingerprint density at radius 2 is 1.74 bits per heavy atom. The Labute approximate surface area is 181 Å². The highest BCUT2D eigenvalue weighted by Gasteiger charge is 2.28. The molecule has 0 radical (unpaired) electrons. The first-order valence-corrected chi connectivity index (χ1v) is 11.6. The molecule has 9 heteroatoms. The van der Waals surface area contributed by atoms with Crippen LogP contribution in [0, 0.1) is 0 Å². The molecule has 0 spiro atoms. The molecule has 0 bridgehead atoms. The number of H-pyrrole nitrogens is 1. The van der Waals surface area contributed by atoms with Crippen molar-refractivity contribution in [2.24, 2.45) is 0 Å². The molecular formula is C22H26N4O4S. The van der Waals surface area contributed by atoms with Crippen molar-refractivity contribution in [2.75, 3.05) is 31.1 Å². The number of sulfone groups is 1. The molecule has 4 rings (SSSR count). The van der Waals surface area contributed by atoms with Gasteiger partial charge in [0.15, 0.2) is 5.82 Å². The van der Waals surface area contributed by atoms with Gasteiger partial charge >= 0.3 is 6.09 Å². The van der Waals surface area contributed by atoms with Crippen LogP contribution in [-0.2, 0) is 14.6 Å². The van der Waals surface area contributed by atoms with Crippen molar-refractivity contribution in [1.82, 2.24) is 14.9 Å². The average molecular weight is 443 g/mol. The molecule has 0 unspecified atom stereocenters. The molecule has 0 atom stereocenters. The second-order valence-electron chi connectivity index (χ2n) is 8.48. The van der Waals surface area contributed by atoms with E-state index in [9.17, 15) is 13.2 Å². The molecule has 1 aromatic carbocycles. The lowest BCUT2D eigenvalue weighted by Crippen LogP contribution is -2.50. The summed E-state index contributed by atoms with van der Waals surface area (Å²) in [6.07, 6.45) is 2.82. The average Bonchev–Trinajstić information content (AvgIpc) is 3.18. The van der Waals surface area contributed by atoms with Gasteiger partial charge in [-0.1, -0.05) is 18.2 Å². The van der Waals surface area contributed by atoms with E-state index in [1.54, 1.807) is 47.5 Å². The van der Waals surface area contributed by atoms with Crippen LogP contribution in [0.25, 0.3) is 10.9 Å². The standard InChI is InChI=1S/C22H26N4O4S/c1-22(2,3)30-21(27)26-13-11-25(12-14-26)20-19-17(9-10-23-20)18(15-24-19)31(28,29)16-7-5-4-6-8-16/h4-10,15,24H,11-14H2,1-3H3. The number of fused-ring (bicyclic) bond motifs is 1. The van der Waals surface area contributed by atoms with E-state index in [1.807, 2.05) is 20.8 Å². The fourth-order valence-electron chi connectivity index (χ4n) is 3.63. The first-order valence-electron chi connectivity index (χ1n) is 10.2. The van der Waals surface area contributed by atoms with E-state index in [0.29, 0.717) is 42.9 Å². The van der Waals surface area contributed by atoms with Gasteiger partial charge in [0.1, 0.15) is 5.60 Å². The van der Waals surface area contributed by atoms with E-state index >= 15 is 0 Å². The molecule has 0 saturated carbocycles. The van der Waals surface area contributed by atoms with Gasteiger partial charge in [-0.15, -0.1) is 0 Å². The van der Waals surface area contributed by atoms with Crippen molar-refractivity contribution in [3.63, 3.8) is 0 Å². The molecule has 2 aromatic heterocycles. The zero-order valence-corrected chi connectivity index (χ0v) is 18.6. The van der Waals surface area contributed by atoms with Crippen molar-refractivity contribution < 1.29 is 17.9 Å². The minimum atomic E-state index is -3.65. The van der Waals surface area contributed by atoms with E-state index < -0.39 is 15.4 Å². The summed E-state index contributed by atoms with van der Waals surface area (Å²) >= 11 is 0. The number of carbonyl (C=O) groups is 1. The van der Waals surface area contributed by atoms with Crippen molar-refractivity contribution in [3.8, 4) is 0 Å². The van der Waals surface area contributed by atoms with Crippen molar-refractivity contribution >= 4 is 32.7 Å². The van der Waals surface area contributed by atoms with E-state index in [4.69, 9.17) is 4.74 Å². The maximum absolute atomic E-state index is 13.1. The first kappa shape index (κ1) is 21.2. The number of hydrogen-bond acceptors (Lipinski definition) is 6. The molecule has 3 heterocycles. The van der Waals surface area contributed by atoms with Crippen molar-refractivity contribution in [1.29, 1.82) is 0 Å². The second kappa shape index (κ2) is 7.88. The number of aromatic nitrogens is 2. The molecule has 1 fully saturated rings. The fourth-order valence-corrected chi connectivity index (χ4v) is 5.07. The van der Waals surface area contributed by atoms with Gasteiger partial charge in [0.25, 0.3) is 0 Å². The maximum atomic E-state index is 13.1. The summed E-state index contributed by atoms with van der Waals surface area (Å²) in [5.74, 6) is 0.677. The lowest BCUT2D eigenvalue weighted by molar-refractivity contribution is 0.0240. The van der Waals surface area contributed by atoms with Gasteiger partial charge in [-0.2, -0.15) is 0 Å². The highest BCUT2D eigenvalue weighted by molar-refractivity contribution is 7.91. The molecule has 1 saturated heterocycles. The van der Waals surface area contributed by atoms with Gasteiger partial charge in [0, 0.05) is 44.0 Å². The zero-order valence-electron chi connectivity index (χ0n) is 17.8. The van der Waals surface area contributed by atoms with Crippen LogP contribution in [0.3, 0.4) is 0 Å². The number of ether oxygens (including phenoxy) is 1. The number of aromatic amines is 1. The predicted molar refractivity (Wildman–Crippen MR) is 118 cm³/mol. The summed E-state index contributed by atoms with van der Waals surface area (Å²) < 4.78 is 31.7. The number of rotatable bonds is 3. The van der Waals surface area contributed by atoms with E-state index in [0.717, 1.165) is 0 Å². The SMILES string of the molecule is CC(C)(C)OC(=O)N1CCN(c2nccc3c(S(=O)(=O)c4ccccc4)c[nH]c23)CC1. The van der Waals surface area contributed by atoms with Gasteiger partial charge in [0.2, 0.25) is 9.84 Å². The van der Waals surface area contributed by atoms with Crippen LogP contribution in [-0.4, -0.2) is 61.2 Å². The number of piperazine rings is 1. The minimum Gasteiger partial charge on any atom is -0.444 e. The molecule has 1 amide bonds. The van der Waals surface area contributed by atoms with Crippen LogP contribution >= 0.6 is 0 Å². The third-order valence-electron chi connectivity index (χ3n) is 5.12. The number of hydrogen-bond donors (Lipinski definition) is 1.